The van der Waals surface area contributed by atoms with Gasteiger partial charge in [0.2, 0.25) is 0 Å². The van der Waals surface area contributed by atoms with Crippen molar-refractivity contribution in [2.75, 3.05) is 4.90 Å². The van der Waals surface area contributed by atoms with Crippen LogP contribution in [0.3, 0.4) is 0 Å². The van der Waals surface area contributed by atoms with Crippen LogP contribution in [0.2, 0.25) is 0 Å². The maximum Gasteiger partial charge on any atom is 0.136 e. The fourth-order valence-electron chi connectivity index (χ4n) is 10.2. The van der Waals surface area contributed by atoms with Crippen molar-refractivity contribution in [3.05, 3.63) is 243 Å². The summed E-state index contributed by atoms with van der Waals surface area (Å²) < 4.78 is 8.97. The maximum atomic E-state index is 6.56. The first kappa shape index (κ1) is 36.9. The van der Waals surface area contributed by atoms with Crippen LogP contribution in [0.5, 0.6) is 0 Å². The van der Waals surface area contributed by atoms with Gasteiger partial charge in [-0.05, 0) is 116 Å². The van der Waals surface area contributed by atoms with Gasteiger partial charge in [-0.15, -0.1) is 0 Å². The first-order chi connectivity index (χ1) is 32.2. The molecule has 2 aromatic heterocycles. The van der Waals surface area contributed by atoms with E-state index in [1.54, 1.807) is 0 Å². The summed E-state index contributed by atoms with van der Waals surface area (Å²) in [6.45, 7) is 0. The summed E-state index contributed by atoms with van der Waals surface area (Å²) in [6.07, 6.45) is 0. The molecule has 11 aromatic carbocycles. The number of nitrogens with zero attached hydrogens (tertiary/aromatic N) is 2. The molecule has 13 rings (SSSR count). The molecular weight excluding hydrogens is 789 g/mol. The lowest BCUT2D eigenvalue weighted by Crippen LogP contribution is -2.11. The normalized spacial score (nSPS) is 11.7. The molecule has 0 aliphatic carbocycles. The van der Waals surface area contributed by atoms with Crippen LogP contribution < -0.4 is 4.90 Å². The van der Waals surface area contributed by atoms with Crippen molar-refractivity contribution in [2.45, 2.75) is 0 Å². The van der Waals surface area contributed by atoms with Crippen molar-refractivity contribution in [3.8, 4) is 39.1 Å². The third-order valence-electron chi connectivity index (χ3n) is 13.2. The Bertz CT molecular complexity index is 3800. The summed E-state index contributed by atoms with van der Waals surface area (Å²) in [6, 6.07) is 87.9. The van der Waals surface area contributed by atoms with Gasteiger partial charge < -0.3 is 13.9 Å². The average Bonchev–Trinajstić information content (AvgIpc) is 3.92. The lowest BCUT2D eigenvalue weighted by molar-refractivity contribution is 0.669. The molecule has 0 spiro atoms. The SMILES string of the molecule is c1ccc(-n2c3ccccc3c3cc(-c4cccc5oc6ccccc6c45)c(N(c4ccc(-c5cccc6ccccc56)cc4)c4ccc(-c5cccc6ccccc56)cc4)cc32)cc1. The van der Waals surface area contributed by atoms with Crippen molar-refractivity contribution in [3.63, 3.8) is 0 Å². The fourth-order valence-corrected chi connectivity index (χ4v) is 10.2. The van der Waals surface area contributed by atoms with E-state index in [-0.39, 0.29) is 0 Å². The van der Waals surface area contributed by atoms with Crippen LogP contribution in [-0.4, -0.2) is 4.57 Å². The molecule has 0 unspecified atom stereocenters. The van der Waals surface area contributed by atoms with E-state index < -0.39 is 0 Å². The van der Waals surface area contributed by atoms with E-state index in [0.29, 0.717) is 0 Å². The van der Waals surface area contributed by atoms with Gasteiger partial charge in [0, 0.05) is 44.2 Å². The first-order valence-corrected chi connectivity index (χ1v) is 22.2. The first-order valence-electron chi connectivity index (χ1n) is 22.2. The van der Waals surface area contributed by atoms with Gasteiger partial charge in [-0.2, -0.15) is 0 Å². The number of fused-ring (bicyclic) bond motifs is 8. The Balaban J connectivity index is 1.10. The van der Waals surface area contributed by atoms with Crippen LogP contribution in [-0.2, 0) is 0 Å². The molecule has 0 atom stereocenters. The molecule has 2 heterocycles. The van der Waals surface area contributed by atoms with E-state index in [1.165, 1.54) is 54.6 Å². The van der Waals surface area contributed by atoms with E-state index in [9.17, 15) is 0 Å². The Kier molecular flexibility index (Phi) is 8.53. The van der Waals surface area contributed by atoms with E-state index in [0.717, 1.165) is 66.8 Å². The van der Waals surface area contributed by atoms with Gasteiger partial charge in [-0.1, -0.05) is 176 Å². The third-order valence-corrected chi connectivity index (χ3v) is 13.2. The molecule has 0 aliphatic heterocycles. The van der Waals surface area contributed by atoms with Crippen LogP contribution in [0.15, 0.2) is 247 Å². The average molecular weight is 829 g/mol. The molecule has 0 radical (unpaired) electrons. The molecule has 0 amide bonds. The van der Waals surface area contributed by atoms with E-state index in [2.05, 4.69) is 246 Å². The number of benzene rings is 11. The number of para-hydroxylation sites is 3. The summed E-state index contributed by atoms with van der Waals surface area (Å²) in [7, 11) is 0. The Morgan fingerprint density at radius 3 is 1.49 bits per heavy atom. The second-order valence-corrected chi connectivity index (χ2v) is 16.8. The minimum absolute atomic E-state index is 0.867. The van der Waals surface area contributed by atoms with Crippen molar-refractivity contribution in [1.29, 1.82) is 0 Å². The summed E-state index contributed by atoms with van der Waals surface area (Å²) in [5, 5.41) is 9.54. The van der Waals surface area contributed by atoms with Crippen molar-refractivity contribution in [2.24, 2.45) is 0 Å². The second-order valence-electron chi connectivity index (χ2n) is 16.8. The zero-order valence-corrected chi connectivity index (χ0v) is 35.4. The highest BCUT2D eigenvalue weighted by Crippen LogP contribution is 2.49. The second kappa shape index (κ2) is 15.0. The highest BCUT2D eigenvalue weighted by Gasteiger charge is 2.24. The molecule has 304 valence electrons. The predicted molar refractivity (Wildman–Crippen MR) is 274 cm³/mol. The zero-order chi connectivity index (χ0) is 42.8. The Hall–Kier alpha value is -8.66. The maximum absolute atomic E-state index is 6.56. The number of hydrogen-bond acceptors (Lipinski definition) is 2. The standard InChI is InChI=1S/C62H40N2O/c1-2-19-45(20-3-1)64-57-28-10-8-23-52(57)55-39-56(53-27-14-30-61-62(53)54-24-9-11-29-60(54)65-61)58(40-59(55)64)63(46-35-31-43(32-36-46)50-25-12-17-41-15-4-6-21-48(41)50)47-37-33-44(34-38-47)51-26-13-18-42-16-5-7-22-49(42)51/h1-40H. The summed E-state index contributed by atoms with van der Waals surface area (Å²) in [5.41, 5.74) is 15.3. The minimum Gasteiger partial charge on any atom is -0.456 e. The number of rotatable bonds is 7. The van der Waals surface area contributed by atoms with Gasteiger partial charge in [0.15, 0.2) is 0 Å². The topological polar surface area (TPSA) is 21.3 Å². The van der Waals surface area contributed by atoms with Crippen molar-refractivity contribution in [1.82, 2.24) is 4.57 Å². The molecule has 0 saturated carbocycles. The quantitative estimate of drug-likeness (QED) is 0.160. The van der Waals surface area contributed by atoms with Gasteiger partial charge in [0.25, 0.3) is 0 Å². The van der Waals surface area contributed by atoms with E-state index in [1.807, 2.05) is 6.07 Å². The van der Waals surface area contributed by atoms with Gasteiger partial charge in [0.05, 0.1) is 16.7 Å². The molecule has 13 aromatic rings. The van der Waals surface area contributed by atoms with Crippen molar-refractivity contribution >= 4 is 82.4 Å². The molecule has 0 aliphatic rings. The molecule has 3 heteroatoms. The summed E-state index contributed by atoms with van der Waals surface area (Å²) >= 11 is 0. The van der Waals surface area contributed by atoms with Gasteiger partial charge in [-0.25, -0.2) is 0 Å². The molecule has 0 bridgehead atoms. The Labute approximate surface area is 376 Å². The number of anilines is 3. The Morgan fingerprint density at radius 2 is 0.831 bits per heavy atom. The third kappa shape index (κ3) is 6.05. The van der Waals surface area contributed by atoms with Crippen LogP contribution in [0.4, 0.5) is 17.1 Å². The monoisotopic (exact) mass is 828 g/mol. The fraction of sp³-hybridized carbons (Fsp3) is 0. The van der Waals surface area contributed by atoms with Gasteiger partial charge >= 0.3 is 0 Å². The van der Waals surface area contributed by atoms with Crippen LogP contribution in [0.1, 0.15) is 0 Å². The summed E-state index contributed by atoms with van der Waals surface area (Å²) in [4.78, 5) is 2.45. The molecular formula is C62H40N2O. The number of furan rings is 1. The molecule has 65 heavy (non-hydrogen) atoms. The largest absolute Gasteiger partial charge is 0.456 e. The van der Waals surface area contributed by atoms with E-state index in [4.69, 9.17) is 4.42 Å². The molecule has 3 nitrogen and oxygen atoms in total. The number of aromatic nitrogens is 1. The highest BCUT2D eigenvalue weighted by atomic mass is 16.3. The number of hydrogen-bond donors (Lipinski definition) is 0. The predicted octanol–water partition coefficient (Wildman–Crippen LogP) is 17.5. The van der Waals surface area contributed by atoms with Crippen LogP contribution >= 0.6 is 0 Å². The lowest BCUT2D eigenvalue weighted by Gasteiger charge is -2.29. The van der Waals surface area contributed by atoms with Crippen molar-refractivity contribution < 1.29 is 4.42 Å². The minimum atomic E-state index is 0.867. The molecule has 0 N–H and O–H groups in total. The van der Waals surface area contributed by atoms with Crippen LogP contribution in [0.25, 0.3) is 104 Å². The molecule has 0 fully saturated rings. The Morgan fingerprint density at radius 1 is 0.323 bits per heavy atom. The van der Waals surface area contributed by atoms with Gasteiger partial charge in [-0.3, -0.25) is 0 Å². The van der Waals surface area contributed by atoms with E-state index >= 15 is 0 Å². The lowest BCUT2D eigenvalue weighted by atomic mass is 9.94. The highest BCUT2D eigenvalue weighted by molar-refractivity contribution is 6.18. The summed E-state index contributed by atoms with van der Waals surface area (Å²) in [5.74, 6) is 0. The molecule has 0 saturated heterocycles. The van der Waals surface area contributed by atoms with Crippen LogP contribution in [0, 0.1) is 0 Å². The smallest absolute Gasteiger partial charge is 0.136 e. The zero-order valence-electron chi connectivity index (χ0n) is 35.4. The van der Waals surface area contributed by atoms with Gasteiger partial charge in [0.1, 0.15) is 11.2 Å².